The highest BCUT2D eigenvalue weighted by Crippen LogP contribution is 2.27. The first-order valence-corrected chi connectivity index (χ1v) is 9.17. The first-order valence-electron chi connectivity index (χ1n) is 8.18. The molecule has 0 bridgehead atoms. The van der Waals surface area contributed by atoms with Crippen LogP contribution in [-0.4, -0.2) is 37.9 Å². The molecule has 1 aromatic carbocycles. The van der Waals surface area contributed by atoms with Crippen LogP contribution in [0.15, 0.2) is 23.4 Å². The molecule has 24 heavy (non-hydrogen) atoms. The Bertz CT molecular complexity index is 916. The zero-order valence-electron chi connectivity index (χ0n) is 13.7. The summed E-state index contributed by atoms with van der Waals surface area (Å²) < 4.78 is 0. The molecule has 0 saturated heterocycles. The minimum atomic E-state index is 0.0319. The van der Waals surface area contributed by atoms with E-state index in [0.29, 0.717) is 28.5 Å². The van der Waals surface area contributed by atoms with E-state index in [-0.39, 0.29) is 5.91 Å². The molecule has 6 nitrogen and oxygen atoms in total. The minimum Gasteiger partial charge on any atom is -0.353 e. The molecular formula is C17H19N5OS. The second kappa shape index (κ2) is 6.05. The third-order valence-corrected chi connectivity index (χ3v) is 5.00. The van der Waals surface area contributed by atoms with Gasteiger partial charge in [0.15, 0.2) is 5.65 Å². The third-order valence-electron chi connectivity index (χ3n) is 4.16. The normalized spacial score (nSPS) is 14.6. The lowest BCUT2D eigenvalue weighted by molar-refractivity contribution is -0.118. The number of nitrogens with zero attached hydrogens (tertiary/aromatic N) is 3. The van der Waals surface area contributed by atoms with Crippen molar-refractivity contribution in [2.75, 3.05) is 5.75 Å². The Balaban J connectivity index is 1.58. The molecule has 1 aliphatic rings. The van der Waals surface area contributed by atoms with E-state index >= 15 is 0 Å². The Morgan fingerprint density at radius 1 is 1.38 bits per heavy atom. The number of hydrogen-bond acceptors (Lipinski definition) is 5. The molecule has 0 spiro atoms. The number of amides is 1. The van der Waals surface area contributed by atoms with Crippen LogP contribution in [0.25, 0.3) is 22.1 Å². The highest BCUT2D eigenvalue weighted by atomic mass is 32.2. The maximum Gasteiger partial charge on any atom is 0.230 e. The Labute approximate surface area is 143 Å². The molecule has 2 N–H and O–H groups in total. The van der Waals surface area contributed by atoms with Crippen LogP contribution in [0.2, 0.25) is 0 Å². The number of thioether (sulfide) groups is 1. The number of aromatic amines is 1. The zero-order valence-corrected chi connectivity index (χ0v) is 14.5. The molecule has 0 radical (unpaired) electrons. The Hall–Kier alpha value is -2.15. The molecule has 1 amide bonds. The summed E-state index contributed by atoms with van der Waals surface area (Å²) in [6.07, 6.45) is 2.18. The SMILES string of the molecule is CC(C)c1ccc2[nH]c3nc(SCC(=O)NC4CC4)nnc3c2c1. The molecule has 1 saturated carbocycles. The van der Waals surface area contributed by atoms with E-state index in [1.807, 2.05) is 0 Å². The molecule has 2 heterocycles. The van der Waals surface area contributed by atoms with Crippen molar-refractivity contribution in [3.8, 4) is 0 Å². The molecule has 0 unspecified atom stereocenters. The number of fused-ring (bicyclic) bond motifs is 3. The first kappa shape index (κ1) is 15.4. The number of carbonyl (C=O) groups excluding carboxylic acids is 1. The van der Waals surface area contributed by atoms with Crippen molar-refractivity contribution >= 4 is 39.7 Å². The van der Waals surface area contributed by atoms with Gasteiger partial charge in [-0.15, -0.1) is 10.2 Å². The number of nitrogens with one attached hydrogen (secondary N) is 2. The monoisotopic (exact) mass is 341 g/mol. The summed E-state index contributed by atoms with van der Waals surface area (Å²) in [5.41, 5.74) is 3.76. The number of aromatic nitrogens is 4. The van der Waals surface area contributed by atoms with Crippen LogP contribution < -0.4 is 5.32 Å². The Morgan fingerprint density at radius 3 is 2.96 bits per heavy atom. The average Bonchev–Trinajstić information content (AvgIpc) is 3.30. The lowest BCUT2D eigenvalue weighted by atomic mass is 10.0. The molecular weight excluding hydrogens is 322 g/mol. The van der Waals surface area contributed by atoms with E-state index in [4.69, 9.17) is 0 Å². The van der Waals surface area contributed by atoms with Crippen molar-refractivity contribution in [1.82, 2.24) is 25.5 Å². The van der Waals surface area contributed by atoms with Gasteiger partial charge in [-0.1, -0.05) is 31.7 Å². The maximum atomic E-state index is 11.8. The van der Waals surface area contributed by atoms with Crippen molar-refractivity contribution < 1.29 is 4.79 Å². The fraction of sp³-hybridized carbons (Fsp3) is 0.412. The topological polar surface area (TPSA) is 83.6 Å². The van der Waals surface area contributed by atoms with Gasteiger partial charge < -0.3 is 10.3 Å². The summed E-state index contributed by atoms with van der Waals surface area (Å²) in [6.45, 7) is 4.34. The van der Waals surface area contributed by atoms with Crippen LogP contribution in [0.1, 0.15) is 38.2 Å². The molecule has 1 fully saturated rings. The smallest absolute Gasteiger partial charge is 0.230 e. The lowest BCUT2D eigenvalue weighted by Crippen LogP contribution is -2.27. The van der Waals surface area contributed by atoms with Crippen molar-refractivity contribution in [3.63, 3.8) is 0 Å². The number of H-pyrrole nitrogens is 1. The van der Waals surface area contributed by atoms with Gasteiger partial charge in [0.1, 0.15) is 5.52 Å². The van der Waals surface area contributed by atoms with E-state index < -0.39 is 0 Å². The van der Waals surface area contributed by atoms with E-state index in [0.717, 1.165) is 29.3 Å². The van der Waals surface area contributed by atoms with Gasteiger partial charge in [0.05, 0.1) is 5.75 Å². The average molecular weight is 341 g/mol. The Morgan fingerprint density at radius 2 is 2.21 bits per heavy atom. The molecule has 2 aromatic heterocycles. The second-order valence-corrected chi connectivity index (χ2v) is 7.45. The fourth-order valence-electron chi connectivity index (χ4n) is 2.62. The van der Waals surface area contributed by atoms with Gasteiger partial charge in [-0.25, -0.2) is 4.98 Å². The first-order chi connectivity index (χ1) is 11.6. The van der Waals surface area contributed by atoms with Gasteiger partial charge in [0.2, 0.25) is 11.1 Å². The summed E-state index contributed by atoms with van der Waals surface area (Å²) in [7, 11) is 0. The van der Waals surface area contributed by atoms with Crippen LogP contribution in [-0.2, 0) is 4.79 Å². The highest BCUT2D eigenvalue weighted by molar-refractivity contribution is 7.99. The quantitative estimate of drug-likeness (QED) is 0.697. The summed E-state index contributed by atoms with van der Waals surface area (Å²) >= 11 is 1.31. The van der Waals surface area contributed by atoms with Gasteiger partial charge in [0, 0.05) is 16.9 Å². The predicted molar refractivity (Wildman–Crippen MR) is 95.2 cm³/mol. The van der Waals surface area contributed by atoms with Gasteiger partial charge in [-0.2, -0.15) is 0 Å². The number of rotatable bonds is 5. The number of carbonyl (C=O) groups is 1. The minimum absolute atomic E-state index is 0.0319. The van der Waals surface area contributed by atoms with Gasteiger partial charge in [-0.05, 0) is 36.5 Å². The van der Waals surface area contributed by atoms with Crippen molar-refractivity contribution in [2.45, 2.75) is 43.8 Å². The van der Waals surface area contributed by atoms with Crippen LogP contribution in [0, 0.1) is 0 Å². The van der Waals surface area contributed by atoms with Gasteiger partial charge >= 0.3 is 0 Å². The predicted octanol–water partition coefficient (Wildman–Crippen LogP) is 3.00. The van der Waals surface area contributed by atoms with E-state index in [2.05, 4.69) is 57.5 Å². The van der Waals surface area contributed by atoms with E-state index in [1.54, 1.807) is 0 Å². The second-order valence-electron chi connectivity index (χ2n) is 6.51. The number of benzene rings is 1. The molecule has 4 rings (SSSR count). The van der Waals surface area contributed by atoms with Crippen LogP contribution in [0.3, 0.4) is 0 Å². The number of hydrogen-bond donors (Lipinski definition) is 2. The van der Waals surface area contributed by atoms with E-state index in [9.17, 15) is 4.79 Å². The van der Waals surface area contributed by atoms with Crippen LogP contribution in [0.4, 0.5) is 0 Å². The van der Waals surface area contributed by atoms with Crippen LogP contribution in [0.5, 0.6) is 0 Å². The maximum absolute atomic E-state index is 11.8. The fourth-order valence-corrected chi connectivity index (χ4v) is 3.22. The Kier molecular flexibility index (Phi) is 3.88. The standard InChI is InChI=1S/C17H19N5OS/c1-9(2)10-3-6-13-12(7-10)15-16(19-13)20-17(22-21-15)24-8-14(23)18-11-4-5-11/h3,6-7,9,11H,4-5,8H2,1-2H3,(H,18,23)(H,19,20,22). The molecule has 1 aliphatic carbocycles. The summed E-state index contributed by atoms with van der Waals surface area (Å²) in [4.78, 5) is 19.6. The van der Waals surface area contributed by atoms with Gasteiger partial charge in [-0.3, -0.25) is 4.79 Å². The van der Waals surface area contributed by atoms with Crippen molar-refractivity contribution in [2.24, 2.45) is 0 Å². The third kappa shape index (κ3) is 3.08. The summed E-state index contributed by atoms with van der Waals surface area (Å²) in [6, 6.07) is 6.70. The lowest BCUT2D eigenvalue weighted by Gasteiger charge is -2.04. The highest BCUT2D eigenvalue weighted by Gasteiger charge is 2.23. The van der Waals surface area contributed by atoms with Crippen LogP contribution >= 0.6 is 11.8 Å². The zero-order chi connectivity index (χ0) is 16.7. The van der Waals surface area contributed by atoms with Gasteiger partial charge in [0.25, 0.3) is 0 Å². The molecule has 0 aliphatic heterocycles. The summed E-state index contributed by atoms with van der Waals surface area (Å²) in [5.74, 6) is 0.811. The van der Waals surface area contributed by atoms with Crippen molar-refractivity contribution in [1.29, 1.82) is 0 Å². The van der Waals surface area contributed by atoms with Crippen molar-refractivity contribution in [3.05, 3.63) is 23.8 Å². The molecule has 0 atom stereocenters. The molecule has 7 heteroatoms. The largest absolute Gasteiger partial charge is 0.353 e. The summed E-state index contributed by atoms with van der Waals surface area (Å²) in [5, 5.41) is 13.0. The molecule has 124 valence electrons. The molecule has 3 aromatic rings. The van der Waals surface area contributed by atoms with E-state index in [1.165, 1.54) is 17.3 Å².